The first-order valence-corrected chi connectivity index (χ1v) is 7.64. The lowest BCUT2D eigenvalue weighted by molar-refractivity contribution is -0.157. The van der Waals surface area contributed by atoms with Gasteiger partial charge in [-0.2, -0.15) is 4.98 Å². The number of urea groups is 1. The van der Waals surface area contributed by atoms with Crippen molar-refractivity contribution in [3.63, 3.8) is 0 Å². The Bertz CT molecular complexity index is 571. The minimum atomic E-state index is -2.00. The van der Waals surface area contributed by atoms with Crippen LogP contribution in [0.5, 0.6) is 0 Å². The van der Waals surface area contributed by atoms with Gasteiger partial charge in [-0.05, 0) is 12.8 Å². The van der Waals surface area contributed by atoms with Gasteiger partial charge < -0.3 is 19.1 Å². The Balaban J connectivity index is 1.64. The molecular formula is C14H19FN4O4. The number of aromatic nitrogens is 2. The number of piperidine rings is 1. The number of ether oxygens (including phenoxy) is 1. The van der Waals surface area contributed by atoms with E-state index in [9.17, 15) is 14.0 Å². The number of hydrogen-bond acceptors (Lipinski definition) is 6. The number of halogens is 1. The van der Waals surface area contributed by atoms with Crippen molar-refractivity contribution in [1.29, 1.82) is 0 Å². The Morgan fingerprint density at radius 2 is 2.13 bits per heavy atom. The number of carbonyl (C=O) groups is 2. The highest BCUT2D eigenvalue weighted by molar-refractivity contribution is 5.80. The minimum absolute atomic E-state index is 0.0511. The van der Waals surface area contributed by atoms with Crippen LogP contribution in [0.2, 0.25) is 0 Å². The normalized spacial score (nSPS) is 23.8. The number of alkyl halides is 1. The predicted octanol–water partition coefficient (Wildman–Crippen LogP) is 1.30. The second kappa shape index (κ2) is 6.13. The number of rotatable bonds is 2. The molecule has 1 aromatic rings. The van der Waals surface area contributed by atoms with Gasteiger partial charge in [0.2, 0.25) is 11.6 Å². The van der Waals surface area contributed by atoms with Crippen molar-refractivity contribution >= 4 is 12.0 Å². The van der Waals surface area contributed by atoms with Crippen molar-refractivity contribution in [2.75, 3.05) is 26.7 Å². The second-order valence-corrected chi connectivity index (χ2v) is 5.86. The van der Waals surface area contributed by atoms with Gasteiger partial charge in [-0.3, -0.25) is 0 Å². The Labute approximate surface area is 132 Å². The third kappa shape index (κ3) is 2.87. The van der Waals surface area contributed by atoms with E-state index in [1.807, 2.05) is 0 Å². The fourth-order valence-corrected chi connectivity index (χ4v) is 3.20. The smallest absolute Gasteiger partial charge is 0.343 e. The molecule has 0 saturated carbocycles. The van der Waals surface area contributed by atoms with E-state index in [-0.39, 0.29) is 38.0 Å². The summed E-state index contributed by atoms with van der Waals surface area (Å²) in [6, 6.07) is -0.416. The molecule has 0 aliphatic carbocycles. The Morgan fingerprint density at radius 1 is 1.39 bits per heavy atom. The number of likely N-dealkylation sites (tertiary alicyclic amines) is 2. The molecule has 3 rings (SSSR count). The van der Waals surface area contributed by atoms with Gasteiger partial charge in [0, 0.05) is 32.5 Å². The molecule has 0 N–H and O–H groups in total. The highest BCUT2D eigenvalue weighted by Crippen LogP contribution is 2.33. The van der Waals surface area contributed by atoms with E-state index in [1.165, 1.54) is 13.4 Å². The molecule has 0 radical (unpaired) electrons. The first-order chi connectivity index (χ1) is 11.0. The number of esters is 1. The number of methoxy groups -OCH3 is 1. The summed E-state index contributed by atoms with van der Waals surface area (Å²) in [6.45, 7) is 0.953. The van der Waals surface area contributed by atoms with E-state index in [0.717, 1.165) is 12.8 Å². The van der Waals surface area contributed by atoms with Crippen molar-refractivity contribution in [3.8, 4) is 0 Å². The summed E-state index contributed by atoms with van der Waals surface area (Å²) in [4.78, 5) is 31.4. The van der Waals surface area contributed by atoms with Crippen LogP contribution < -0.4 is 0 Å². The SMILES string of the molecule is COC(=O)C1(F)CCN(C(=O)N2CCCC2c2ncno2)CC1. The molecular weight excluding hydrogens is 307 g/mol. The lowest BCUT2D eigenvalue weighted by Crippen LogP contribution is -2.52. The molecule has 0 bridgehead atoms. The van der Waals surface area contributed by atoms with Gasteiger partial charge in [0.05, 0.1) is 7.11 Å². The van der Waals surface area contributed by atoms with Crippen LogP contribution in [-0.2, 0) is 9.53 Å². The van der Waals surface area contributed by atoms with Crippen LogP contribution in [0.15, 0.2) is 10.9 Å². The first-order valence-electron chi connectivity index (χ1n) is 7.64. The van der Waals surface area contributed by atoms with E-state index in [0.29, 0.717) is 12.4 Å². The summed E-state index contributed by atoms with van der Waals surface area (Å²) in [5, 5.41) is 3.58. The zero-order valence-electron chi connectivity index (χ0n) is 12.9. The topological polar surface area (TPSA) is 88.8 Å². The third-order valence-electron chi connectivity index (χ3n) is 4.54. The average molecular weight is 326 g/mol. The molecule has 2 aliphatic rings. The third-order valence-corrected chi connectivity index (χ3v) is 4.54. The quantitative estimate of drug-likeness (QED) is 0.761. The maximum atomic E-state index is 14.4. The second-order valence-electron chi connectivity index (χ2n) is 5.86. The Morgan fingerprint density at radius 3 is 2.74 bits per heavy atom. The van der Waals surface area contributed by atoms with E-state index in [1.54, 1.807) is 9.80 Å². The van der Waals surface area contributed by atoms with E-state index in [2.05, 4.69) is 14.9 Å². The van der Waals surface area contributed by atoms with Gasteiger partial charge in [-0.1, -0.05) is 5.16 Å². The molecule has 1 atom stereocenters. The van der Waals surface area contributed by atoms with Gasteiger partial charge in [0.25, 0.3) is 0 Å². The summed E-state index contributed by atoms with van der Waals surface area (Å²) in [6.07, 6.45) is 2.82. The minimum Gasteiger partial charge on any atom is -0.467 e. The maximum absolute atomic E-state index is 14.4. The van der Waals surface area contributed by atoms with Gasteiger partial charge in [0.15, 0.2) is 6.33 Å². The first kappa shape index (κ1) is 15.7. The zero-order valence-corrected chi connectivity index (χ0v) is 12.9. The van der Waals surface area contributed by atoms with Crippen molar-refractivity contribution in [2.24, 2.45) is 0 Å². The van der Waals surface area contributed by atoms with Crippen LogP contribution in [0.3, 0.4) is 0 Å². The van der Waals surface area contributed by atoms with Crippen LogP contribution in [-0.4, -0.2) is 64.4 Å². The number of carbonyl (C=O) groups excluding carboxylic acids is 2. The zero-order chi connectivity index (χ0) is 16.4. The highest BCUT2D eigenvalue weighted by atomic mass is 19.1. The molecule has 126 valence electrons. The van der Waals surface area contributed by atoms with Crippen LogP contribution in [0, 0.1) is 0 Å². The van der Waals surface area contributed by atoms with Crippen molar-refractivity contribution in [3.05, 3.63) is 12.2 Å². The Kier molecular flexibility index (Phi) is 4.18. The molecule has 3 heterocycles. The van der Waals surface area contributed by atoms with E-state index >= 15 is 0 Å². The number of amides is 2. The van der Waals surface area contributed by atoms with Crippen LogP contribution in [0.25, 0.3) is 0 Å². The van der Waals surface area contributed by atoms with Crippen molar-refractivity contribution in [2.45, 2.75) is 37.4 Å². The number of nitrogens with zero attached hydrogens (tertiary/aromatic N) is 4. The molecule has 2 amide bonds. The summed E-state index contributed by atoms with van der Waals surface area (Å²) < 4.78 is 24.0. The van der Waals surface area contributed by atoms with E-state index in [4.69, 9.17) is 4.52 Å². The van der Waals surface area contributed by atoms with E-state index < -0.39 is 11.6 Å². The predicted molar refractivity (Wildman–Crippen MR) is 75.0 cm³/mol. The molecule has 1 unspecified atom stereocenters. The summed E-state index contributed by atoms with van der Waals surface area (Å²) >= 11 is 0. The molecule has 2 fully saturated rings. The van der Waals surface area contributed by atoms with Crippen molar-refractivity contribution < 1.29 is 23.2 Å². The molecule has 8 nitrogen and oxygen atoms in total. The molecule has 2 aliphatic heterocycles. The summed E-state index contributed by atoms with van der Waals surface area (Å²) in [7, 11) is 1.17. The van der Waals surface area contributed by atoms with Crippen LogP contribution >= 0.6 is 0 Å². The molecule has 1 aromatic heterocycles. The fraction of sp³-hybridized carbons (Fsp3) is 0.714. The fourth-order valence-electron chi connectivity index (χ4n) is 3.20. The average Bonchev–Trinajstić information content (AvgIpc) is 3.24. The monoisotopic (exact) mass is 326 g/mol. The lowest BCUT2D eigenvalue weighted by atomic mass is 9.93. The number of hydrogen-bond donors (Lipinski definition) is 0. The maximum Gasteiger partial charge on any atom is 0.343 e. The lowest BCUT2D eigenvalue weighted by Gasteiger charge is -2.37. The largest absolute Gasteiger partial charge is 0.467 e. The van der Waals surface area contributed by atoms with Gasteiger partial charge in [-0.25, -0.2) is 14.0 Å². The van der Waals surface area contributed by atoms with Crippen LogP contribution in [0.4, 0.5) is 9.18 Å². The molecule has 23 heavy (non-hydrogen) atoms. The van der Waals surface area contributed by atoms with Crippen LogP contribution in [0.1, 0.15) is 37.6 Å². The van der Waals surface area contributed by atoms with Gasteiger partial charge in [-0.15, -0.1) is 0 Å². The standard InChI is InChI=1S/C14H19FN4O4/c1-22-12(20)14(15)4-7-18(8-5-14)13(21)19-6-2-3-10(19)11-16-9-17-23-11/h9-10H,2-8H2,1H3. The van der Waals surface area contributed by atoms with Crippen molar-refractivity contribution in [1.82, 2.24) is 19.9 Å². The Hall–Kier alpha value is -2.19. The molecule has 9 heteroatoms. The summed E-state index contributed by atoms with van der Waals surface area (Å²) in [5.74, 6) is -0.447. The molecule has 2 saturated heterocycles. The molecule has 0 aromatic carbocycles. The van der Waals surface area contributed by atoms with Gasteiger partial charge >= 0.3 is 12.0 Å². The molecule has 0 spiro atoms. The highest BCUT2D eigenvalue weighted by Gasteiger charge is 2.45. The summed E-state index contributed by atoms with van der Waals surface area (Å²) in [5.41, 5.74) is -2.00. The van der Waals surface area contributed by atoms with Gasteiger partial charge in [0.1, 0.15) is 6.04 Å².